The van der Waals surface area contributed by atoms with Gasteiger partial charge in [-0.15, -0.1) is 0 Å². The summed E-state index contributed by atoms with van der Waals surface area (Å²) in [4.78, 5) is 11.9. The normalized spacial score (nSPS) is 21.6. The molecule has 3 nitrogen and oxygen atoms in total. The minimum absolute atomic E-state index is 0.000105. The molecule has 0 aliphatic heterocycles. The number of nitrogens with one attached hydrogen (secondary N) is 1. The maximum Gasteiger partial charge on any atom is 0.248 e. The van der Waals surface area contributed by atoms with Crippen molar-refractivity contribution < 1.29 is 18.3 Å². The first-order valence-electron chi connectivity index (χ1n) is 6.21. The number of ether oxygens (including phenoxy) is 1. The van der Waals surface area contributed by atoms with Crippen molar-refractivity contribution in [2.24, 2.45) is 5.92 Å². The van der Waals surface area contributed by atoms with Gasteiger partial charge in [0.1, 0.15) is 0 Å². The monoisotopic (exact) mass is 327 g/mol. The van der Waals surface area contributed by atoms with Gasteiger partial charge in [0, 0.05) is 43.8 Å². The van der Waals surface area contributed by atoms with Gasteiger partial charge in [-0.05, 0) is 19.3 Å². The van der Waals surface area contributed by atoms with Crippen LogP contribution in [0.5, 0.6) is 0 Å². The van der Waals surface area contributed by atoms with Crippen molar-refractivity contribution in [3.63, 3.8) is 0 Å². The largest absolute Gasteiger partial charge is 0.385 e. The van der Waals surface area contributed by atoms with Gasteiger partial charge < -0.3 is 10.1 Å². The number of alkyl halides is 3. The first-order chi connectivity index (χ1) is 8.48. The van der Waals surface area contributed by atoms with E-state index in [1.165, 1.54) is 0 Å². The highest BCUT2D eigenvalue weighted by Crippen LogP contribution is 2.36. The smallest absolute Gasteiger partial charge is 0.248 e. The molecule has 6 heteroatoms. The number of rotatable bonds is 6. The van der Waals surface area contributed by atoms with Gasteiger partial charge in [0.25, 0.3) is 0 Å². The standard InChI is InChI=1S/C12H20BrF2NO2/c1-18-7-4-10(8-13)16-11(17)9-2-5-12(14,15)6-3-9/h9-10H,2-8H2,1H3,(H,16,17). The third-order valence-corrected chi connectivity index (χ3v) is 4.07. The summed E-state index contributed by atoms with van der Waals surface area (Å²) in [6.45, 7) is 0.569. The summed E-state index contributed by atoms with van der Waals surface area (Å²) >= 11 is 3.33. The Hall–Kier alpha value is -0.230. The van der Waals surface area contributed by atoms with Crippen LogP contribution in [0.1, 0.15) is 32.1 Å². The van der Waals surface area contributed by atoms with Crippen LogP contribution in [0.4, 0.5) is 8.78 Å². The van der Waals surface area contributed by atoms with E-state index < -0.39 is 5.92 Å². The van der Waals surface area contributed by atoms with Gasteiger partial charge >= 0.3 is 0 Å². The van der Waals surface area contributed by atoms with E-state index in [-0.39, 0.29) is 43.6 Å². The lowest BCUT2D eigenvalue weighted by Crippen LogP contribution is -2.42. The zero-order chi connectivity index (χ0) is 13.6. The van der Waals surface area contributed by atoms with E-state index in [0.717, 1.165) is 6.42 Å². The van der Waals surface area contributed by atoms with E-state index >= 15 is 0 Å². The van der Waals surface area contributed by atoms with Crippen LogP contribution in [0.25, 0.3) is 0 Å². The lowest BCUT2D eigenvalue weighted by Gasteiger charge is -2.28. The van der Waals surface area contributed by atoms with Crippen molar-refractivity contribution in [2.75, 3.05) is 19.0 Å². The number of halogens is 3. The highest BCUT2D eigenvalue weighted by molar-refractivity contribution is 9.09. The molecule has 0 radical (unpaired) electrons. The summed E-state index contributed by atoms with van der Waals surface area (Å²) in [6.07, 6.45) is 0.914. The van der Waals surface area contributed by atoms with Crippen LogP contribution in [0.15, 0.2) is 0 Å². The molecule has 0 heterocycles. The van der Waals surface area contributed by atoms with E-state index in [0.29, 0.717) is 11.9 Å². The molecule has 0 aromatic rings. The average Bonchev–Trinajstić information content (AvgIpc) is 2.34. The zero-order valence-electron chi connectivity index (χ0n) is 10.6. The maximum atomic E-state index is 13.0. The number of carbonyl (C=O) groups is 1. The Kier molecular flexibility index (Phi) is 6.49. The van der Waals surface area contributed by atoms with Gasteiger partial charge in [0.15, 0.2) is 0 Å². The van der Waals surface area contributed by atoms with Crippen LogP contribution in [0.3, 0.4) is 0 Å². The Bertz CT molecular complexity index is 267. The Morgan fingerprint density at radius 2 is 2.11 bits per heavy atom. The Morgan fingerprint density at radius 1 is 1.50 bits per heavy atom. The third-order valence-electron chi connectivity index (χ3n) is 3.29. The Labute approximate surface area is 115 Å². The second-order valence-electron chi connectivity index (χ2n) is 4.77. The van der Waals surface area contributed by atoms with Crippen LogP contribution in [0.2, 0.25) is 0 Å². The molecule has 1 rings (SSSR count). The fraction of sp³-hybridized carbons (Fsp3) is 0.917. The molecule has 1 saturated carbocycles. The quantitative estimate of drug-likeness (QED) is 0.762. The molecule has 1 N–H and O–H groups in total. The molecule has 106 valence electrons. The second-order valence-corrected chi connectivity index (χ2v) is 5.42. The summed E-state index contributed by atoms with van der Waals surface area (Å²) < 4.78 is 30.9. The minimum Gasteiger partial charge on any atom is -0.385 e. The van der Waals surface area contributed by atoms with E-state index in [1.54, 1.807) is 7.11 Å². The molecule has 1 atom stereocenters. The summed E-state index contributed by atoms with van der Waals surface area (Å²) in [5, 5.41) is 3.53. The van der Waals surface area contributed by atoms with Crippen LogP contribution >= 0.6 is 15.9 Å². The van der Waals surface area contributed by atoms with Gasteiger partial charge in [-0.1, -0.05) is 15.9 Å². The molecule has 1 fully saturated rings. The molecule has 0 bridgehead atoms. The van der Waals surface area contributed by atoms with Crippen molar-refractivity contribution in [3.05, 3.63) is 0 Å². The number of carbonyl (C=O) groups excluding carboxylic acids is 1. The van der Waals surface area contributed by atoms with Gasteiger partial charge in [-0.25, -0.2) is 8.78 Å². The highest BCUT2D eigenvalue weighted by atomic mass is 79.9. The van der Waals surface area contributed by atoms with Crippen molar-refractivity contribution in [2.45, 2.75) is 44.1 Å². The molecular formula is C12H20BrF2NO2. The topological polar surface area (TPSA) is 38.3 Å². The predicted molar refractivity (Wildman–Crippen MR) is 69.1 cm³/mol. The van der Waals surface area contributed by atoms with Crippen LogP contribution < -0.4 is 5.32 Å². The third kappa shape index (κ3) is 5.18. The first-order valence-corrected chi connectivity index (χ1v) is 7.34. The number of amides is 1. The van der Waals surface area contributed by atoms with Crippen molar-refractivity contribution in [1.29, 1.82) is 0 Å². The molecule has 1 aliphatic rings. The van der Waals surface area contributed by atoms with Crippen molar-refractivity contribution >= 4 is 21.8 Å². The van der Waals surface area contributed by atoms with E-state index in [9.17, 15) is 13.6 Å². The SMILES string of the molecule is COCCC(CBr)NC(=O)C1CCC(F)(F)CC1. The fourth-order valence-electron chi connectivity index (χ4n) is 2.07. The van der Waals surface area contributed by atoms with Crippen LogP contribution in [-0.2, 0) is 9.53 Å². The molecule has 0 aromatic carbocycles. The molecule has 1 aliphatic carbocycles. The van der Waals surface area contributed by atoms with E-state index in [1.807, 2.05) is 0 Å². The highest BCUT2D eigenvalue weighted by Gasteiger charge is 2.37. The summed E-state index contributed by atoms with van der Waals surface area (Å²) in [5.41, 5.74) is 0. The van der Waals surface area contributed by atoms with Crippen molar-refractivity contribution in [3.8, 4) is 0 Å². The molecule has 1 amide bonds. The zero-order valence-corrected chi connectivity index (χ0v) is 12.1. The Balaban J connectivity index is 2.36. The summed E-state index contributed by atoms with van der Waals surface area (Å²) in [7, 11) is 1.61. The molecule has 0 spiro atoms. The molecule has 1 unspecified atom stereocenters. The number of hydrogen-bond acceptors (Lipinski definition) is 2. The fourth-order valence-corrected chi connectivity index (χ4v) is 2.55. The summed E-state index contributed by atoms with van der Waals surface area (Å²) in [6, 6.07) is -0.000105. The predicted octanol–water partition coefficient (Wildman–Crippen LogP) is 2.73. The lowest BCUT2D eigenvalue weighted by molar-refractivity contribution is -0.129. The van der Waals surface area contributed by atoms with Crippen LogP contribution in [-0.4, -0.2) is 36.9 Å². The number of hydrogen-bond donors (Lipinski definition) is 1. The molecular weight excluding hydrogens is 308 g/mol. The minimum atomic E-state index is -2.58. The van der Waals surface area contributed by atoms with E-state index in [4.69, 9.17) is 4.74 Å². The van der Waals surface area contributed by atoms with Gasteiger partial charge in [0.2, 0.25) is 11.8 Å². The summed E-state index contributed by atoms with van der Waals surface area (Å²) in [5.74, 6) is -2.96. The molecule has 0 aromatic heterocycles. The van der Waals surface area contributed by atoms with Gasteiger partial charge in [0.05, 0.1) is 0 Å². The number of methoxy groups -OCH3 is 1. The lowest BCUT2D eigenvalue weighted by atomic mass is 9.86. The van der Waals surface area contributed by atoms with Gasteiger partial charge in [-0.2, -0.15) is 0 Å². The molecule has 18 heavy (non-hydrogen) atoms. The maximum absolute atomic E-state index is 13.0. The van der Waals surface area contributed by atoms with E-state index in [2.05, 4.69) is 21.2 Å². The average molecular weight is 328 g/mol. The van der Waals surface area contributed by atoms with Crippen LogP contribution in [0, 0.1) is 5.92 Å². The first kappa shape index (κ1) is 15.8. The Morgan fingerprint density at radius 3 is 2.61 bits per heavy atom. The second kappa shape index (κ2) is 7.38. The molecule has 0 saturated heterocycles. The van der Waals surface area contributed by atoms with Gasteiger partial charge in [-0.3, -0.25) is 4.79 Å². The van der Waals surface area contributed by atoms with Crippen molar-refractivity contribution in [1.82, 2.24) is 5.32 Å².